The van der Waals surface area contributed by atoms with Crippen LogP contribution in [0, 0.1) is 13.8 Å². The molecule has 0 aliphatic heterocycles. The maximum absolute atomic E-state index is 12.9. The van der Waals surface area contributed by atoms with E-state index in [0.717, 1.165) is 16.7 Å². The van der Waals surface area contributed by atoms with E-state index >= 15 is 0 Å². The Morgan fingerprint density at radius 3 is 2.37 bits per heavy atom. The van der Waals surface area contributed by atoms with Crippen LogP contribution >= 0.6 is 11.6 Å². The molecule has 0 saturated carbocycles. The lowest BCUT2D eigenvalue weighted by Crippen LogP contribution is -2.35. The highest BCUT2D eigenvalue weighted by molar-refractivity contribution is 6.30. The summed E-state index contributed by atoms with van der Waals surface area (Å²) in [6.07, 6.45) is 1.67. The number of hydrogen-bond donors (Lipinski definition) is 0. The van der Waals surface area contributed by atoms with Crippen LogP contribution in [0.4, 0.5) is 5.82 Å². The van der Waals surface area contributed by atoms with Crippen LogP contribution in [0.15, 0.2) is 66.9 Å². The van der Waals surface area contributed by atoms with Crippen LogP contribution in [-0.4, -0.2) is 17.5 Å². The first-order valence-corrected chi connectivity index (χ1v) is 9.06. The van der Waals surface area contributed by atoms with Crippen LogP contribution in [0.1, 0.15) is 16.7 Å². The van der Waals surface area contributed by atoms with Crippen LogP contribution in [0.25, 0.3) is 0 Å². The molecule has 5 heteroatoms. The molecular weight excluding hydrogens is 360 g/mol. The highest BCUT2D eigenvalue weighted by Gasteiger charge is 2.18. The lowest BCUT2D eigenvalue weighted by molar-refractivity contribution is -0.120. The number of aromatic nitrogens is 1. The Labute approximate surface area is 164 Å². The van der Waals surface area contributed by atoms with Gasteiger partial charge in [-0.1, -0.05) is 35.9 Å². The third kappa shape index (κ3) is 5.31. The topological polar surface area (TPSA) is 42.4 Å². The Morgan fingerprint density at radius 2 is 1.74 bits per heavy atom. The first-order valence-electron chi connectivity index (χ1n) is 8.68. The van der Waals surface area contributed by atoms with Crippen molar-refractivity contribution in [2.24, 2.45) is 0 Å². The molecule has 138 valence electrons. The Kier molecular flexibility index (Phi) is 6.09. The van der Waals surface area contributed by atoms with E-state index in [1.165, 1.54) is 0 Å². The Morgan fingerprint density at radius 1 is 1.04 bits per heavy atom. The number of aryl methyl sites for hydroxylation is 2. The molecule has 4 nitrogen and oxygen atoms in total. The van der Waals surface area contributed by atoms with Gasteiger partial charge in [0.15, 0.2) is 6.61 Å². The van der Waals surface area contributed by atoms with E-state index in [4.69, 9.17) is 16.3 Å². The van der Waals surface area contributed by atoms with Gasteiger partial charge in [0.1, 0.15) is 11.6 Å². The molecule has 0 saturated heterocycles. The molecule has 3 aromatic rings. The van der Waals surface area contributed by atoms with Crippen LogP contribution in [0.2, 0.25) is 5.02 Å². The number of halogens is 1. The van der Waals surface area contributed by atoms with Gasteiger partial charge in [-0.2, -0.15) is 0 Å². The zero-order chi connectivity index (χ0) is 19.2. The number of amides is 1. The molecule has 0 atom stereocenters. The summed E-state index contributed by atoms with van der Waals surface area (Å²) in [5, 5.41) is 0.660. The van der Waals surface area contributed by atoms with Gasteiger partial charge in [0.2, 0.25) is 0 Å². The summed E-state index contributed by atoms with van der Waals surface area (Å²) in [6.45, 7) is 4.33. The maximum atomic E-state index is 12.9. The molecule has 27 heavy (non-hydrogen) atoms. The van der Waals surface area contributed by atoms with E-state index in [1.54, 1.807) is 11.1 Å². The van der Waals surface area contributed by atoms with Crippen LogP contribution < -0.4 is 9.64 Å². The summed E-state index contributed by atoms with van der Waals surface area (Å²) in [5.74, 6) is 1.11. The monoisotopic (exact) mass is 380 g/mol. The number of anilines is 1. The zero-order valence-corrected chi connectivity index (χ0v) is 16.1. The van der Waals surface area contributed by atoms with Gasteiger partial charge in [-0.05, 0) is 66.9 Å². The number of hydrogen-bond acceptors (Lipinski definition) is 3. The van der Waals surface area contributed by atoms with Crippen molar-refractivity contribution in [2.45, 2.75) is 20.4 Å². The smallest absolute Gasteiger partial charge is 0.266 e. The fraction of sp³-hybridized carbons (Fsp3) is 0.182. The van der Waals surface area contributed by atoms with Crippen molar-refractivity contribution in [3.63, 3.8) is 0 Å². The fourth-order valence-electron chi connectivity index (χ4n) is 2.82. The molecule has 1 aromatic heterocycles. The number of ether oxygens (including phenoxy) is 1. The second-order valence-electron chi connectivity index (χ2n) is 6.41. The largest absolute Gasteiger partial charge is 0.484 e. The van der Waals surface area contributed by atoms with Crippen LogP contribution in [0.5, 0.6) is 5.75 Å². The van der Waals surface area contributed by atoms with E-state index < -0.39 is 0 Å². The van der Waals surface area contributed by atoms with Gasteiger partial charge in [0.25, 0.3) is 5.91 Å². The normalized spacial score (nSPS) is 10.5. The highest BCUT2D eigenvalue weighted by Crippen LogP contribution is 2.19. The number of carbonyl (C=O) groups is 1. The molecular formula is C22H21ClN2O2. The third-order valence-electron chi connectivity index (χ3n) is 4.04. The lowest BCUT2D eigenvalue weighted by atomic mass is 10.1. The van der Waals surface area contributed by atoms with Gasteiger partial charge in [-0.3, -0.25) is 9.69 Å². The minimum atomic E-state index is -0.164. The molecule has 0 aliphatic rings. The maximum Gasteiger partial charge on any atom is 0.266 e. The van der Waals surface area contributed by atoms with E-state index in [9.17, 15) is 4.79 Å². The van der Waals surface area contributed by atoms with E-state index in [2.05, 4.69) is 11.1 Å². The third-order valence-corrected chi connectivity index (χ3v) is 4.29. The van der Waals surface area contributed by atoms with Crippen LogP contribution in [-0.2, 0) is 11.3 Å². The first-order chi connectivity index (χ1) is 13.0. The molecule has 0 spiro atoms. The molecule has 0 fully saturated rings. The quantitative estimate of drug-likeness (QED) is 0.606. The highest BCUT2D eigenvalue weighted by atomic mass is 35.5. The first kappa shape index (κ1) is 18.9. The van der Waals surface area contributed by atoms with Crippen molar-refractivity contribution in [1.29, 1.82) is 0 Å². The van der Waals surface area contributed by atoms with E-state index in [1.807, 2.05) is 68.4 Å². The SMILES string of the molecule is Cc1cc(C)cc(OCC(=O)N(Cc2ccc(Cl)cc2)c2ccccn2)c1. The number of benzene rings is 2. The van der Waals surface area contributed by atoms with Gasteiger partial charge in [-0.15, -0.1) is 0 Å². The van der Waals surface area contributed by atoms with Crippen molar-refractivity contribution >= 4 is 23.3 Å². The molecule has 0 N–H and O–H groups in total. The molecule has 3 rings (SSSR count). The summed E-state index contributed by atoms with van der Waals surface area (Å²) < 4.78 is 5.75. The average molecular weight is 381 g/mol. The van der Waals surface area contributed by atoms with Gasteiger partial charge in [-0.25, -0.2) is 4.98 Å². The minimum absolute atomic E-state index is 0.0624. The van der Waals surface area contributed by atoms with Gasteiger partial charge in [0, 0.05) is 11.2 Å². The zero-order valence-electron chi connectivity index (χ0n) is 15.4. The Hall–Kier alpha value is -2.85. The molecule has 0 radical (unpaired) electrons. The lowest BCUT2D eigenvalue weighted by Gasteiger charge is -2.22. The molecule has 2 aromatic carbocycles. The van der Waals surface area contributed by atoms with Crippen molar-refractivity contribution in [1.82, 2.24) is 4.98 Å². The Bertz CT molecular complexity index is 891. The number of pyridine rings is 1. The number of nitrogens with zero attached hydrogens (tertiary/aromatic N) is 2. The molecule has 0 bridgehead atoms. The minimum Gasteiger partial charge on any atom is -0.484 e. The van der Waals surface area contributed by atoms with E-state index in [0.29, 0.717) is 23.1 Å². The molecule has 0 unspecified atom stereocenters. The number of carbonyl (C=O) groups excluding carboxylic acids is 1. The summed E-state index contributed by atoms with van der Waals surface area (Å²) in [7, 11) is 0. The van der Waals surface area contributed by atoms with E-state index in [-0.39, 0.29) is 12.5 Å². The number of rotatable bonds is 6. The second-order valence-corrected chi connectivity index (χ2v) is 6.84. The van der Waals surface area contributed by atoms with Gasteiger partial charge in [0.05, 0.1) is 6.54 Å². The average Bonchev–Trinajstić information content (AvgIpc) is 2.65. The second kappa shape index (κ2) is 8.69. The fourth-order valence-corrected chi connectivity index (χ4v) is 2.95. The summed E-state index contributed by atoms with van der Waals surface area (Å²) in [6, 6.07) is 18.8. The predicted octanol–water partition coefficient (Wildman–Crippen LogP) is 4.96. The standard InChI is InChI=1S/C22H21ClN2O2/c1-16-11-17(2)13-20(12-16)27-15-22(26)25(21-5-3-4-10-24-21)14-18-6-8-19(23)9-7-18/h3-13H,14-15H2,1-2H3. The molecule has 0 aliphatic carbocycles. The van der Waals surface area contributed by atoms with Crippen molar-refractivity contribution < 1.29 is 9.53 Å². The Balaban J connectivity index is 1.77. The predicted molar refractivity (Wildman–Crippen MR) is 108 cm³/mol. The van der Waals surface area contributed by atoms with Crippen molar-refractivity contribution in [2.75, 3.05) is 11.5 Å². The summed E-state index contributed by atoms with van der Waals surface area (Å²) >= 11 is 5.96. The van der Waals surface area contributed by atoms with Crippen molar-refractivity contribution in [3.05, 3.63) is 88.6 Å². The van der Waals surface area contributed by atoms with Gasteiger partial charge < -0.3 is 4.74 Å². The van der Waals surface area contributed by atoms with Crippen molar-refractivity contribution in [3.8, 4) is 5.75 Å². The molecule has 1 heterocycles. The summed E-state index contributed by atoms with van der Waals surface area (Å²) in [5.41, 5.74) is 3.16. The summed E-state index contributed by atoms with van der Waals surface area (Å²) in [4.78, 5) is 18.8. The molecule has 1 amide bonds. The van der Waals surface area contributed by atoms with Crippen LogP contribution in [0.3, 0.4) is 0 Å². The van der Waals surface area contributed by atoms with Gasteiger partial charge >= 0.3 is 0 Å².